The number of rotatable bonds is 7. The van der Waals surface area contributed by atoms with Crippen molar-refractivity contribution in [2.75, 3.05) is 12.0 Å². The predicted octanol–water partition coefficient (Wildman–Crippen LogP) is 3.67. The van der Waals surface area contributed by atoms with Crippen LogP contribution in [0.1, 0.15) is 23.6 Å². The molecule has 1 saturated heterocycles. The van der Waals surface area contributed by atoms with Gasteiger partial charge >= 0.3 is 5.82 Å². The van der Waals surface area contributed by atoms with E-state index in [4.69, 9.17) is 17.0 Å². The number of aryl methyl sites for hydroxylation is 1. The van der Waals surface area contributed by atoms with Crippen molar-refractivity contribution >= 4 is 40.8 Å². The maximum atomic E-state index is 13.2. The summed E-state index contributed by atoms with van der Waals surface area (Å²) in [6.45, 7) is 2.30. The number of hydrogen-bond acceptors (Lipinski definition) is 6. The van der Waals surface area contributed by atoms with Crippen LogP contribution in [0.15, 0.2) is 60.4 Å². The van der Waals surface area contributed by atoms with Gasteiger partial charge in [-0.05, 0) is 59.0 Å². The Balaban J connectivity index is 1.63. The van der Waals surface area contributed by atoms with Gasteiger partial charge in [0.25, 0.3) is 5.91 Å². The van der Waals surface area contributed by atoms with Crippen LogP contribution in [0.4, 0.5) is 11.5 Å². The average Bonchev–Trinajstić information content (AvgIpc) is 3.38. The second-order valence-electron chi connectivity index (χ2n) is 7.31. The Morgan fingerprint density at radius 2 is 2.00 bits per heavy atom. The number of nitrogens with one attached hydrogen (secondary N) is 1. The number of benzene rings is 2. The molecule has 3 aromatic rings. The van der Waals surface area contributed by atoms with Gasteiger partial charge in [-0.25, -0.2) is 0 Å². The molecule has 0 radical (unpaired) electrons. The molecule has 0 aliphatic carbocycles. The molecular formula is C23H21N5O4S. The van der Waals surface area contributed by atoms with E-state index in [1.165, 1.54) is 21.8 Å². The molecule has 1 N–H and O–H groups in total. The van der Waals surface area contributed by atoms with Crippen LogP contribution in [0.3, 0.4) is 0 Å². The van der Waals surface area contributed by atoms with Crippen molar-refractivity contribution in [3.05, 3.63) is 87.2 Å². The Morgan fingerprint density at radius 1 is 1.21 bits per heavy atom. The first-order valence-corrected chi connectivity index (χ1v) is 10.6. The summed E-state index contributed by atoms with van der Waals surface area (Å²) in [6.07, 6.45) is 4.03. The van der Waals surface area contributed by atoms with Gasteiger partial charge in [-0.1, -0.05) is 31.2 Å². The molecule has 0 saturated carbocycles. The quantitative estimate of drug-likeness (QED) is 0.247. The number of amides is 1. The van der Waals surface area contributed by atoms with Crippen molar-refractivity contribution in [3.63, 3.8) is 0 Å². The molecule has 33 heavy (non-hydrogen) atoms. The first-order valence-electron chi connectivity index (χ1n) is 10.2. The third-order valence-corrected chi connectivity index (χ3v) is 5.54. The smallest absolute Gasteiger partial charge is 0.389 e. The van der Waals surface area contributed by atoms with Gasteiger partial charge in [-0.3, -0.25) is 9.69 Å². The van der Waals surface area contributed by atoms with Gasteiger partial charge in [-0.2, -0.15) is 4.68 Å². The third-order valence-electron chi connectivity index (χ3n) is 5.25. The Labute approximate surface area is 195 Å². The van der Waals surface area contributed by atoms with Crippen LogP contribution in [-0.2, 0) is 17.8 Å². The van der Waals surface area contributed by atoms with E-state index >= 15 is 0 Å². The molecule has 1 aliphatic heterocycles. The van der Waals surface area contributed by atoms with Gasteiger partial charge < -0.3 is 20.2 Å². The summed E-state index contributed by atoms with van der Waals surface area (Å²) in [5.74, 6) is 0.143. The molecule has 1 fully saturated rings. The lowest BCUT2D eigenvalue weighted by molar-refractivity contribution is -0.389. The second-order valence-corrected chi connectivity index (χ2v) is 7.70. The summed E-state index contributed by atoms with van der Waals surface area (Å²) in [5.41, 5.74) is 3.65. The van der Waals surface area contributed by atoms with E-state index in [1.54, 1.807) is 19.3 Å². The van der Waals surface area contributed by atoms with Crippen LogP contribution >= 0.6 is 12.2 Å². The fraction of sp³-hybridized carbons (Fsp3) is 0.174. The largest absolute Gasteiger partial charge is 0.496 e. The lowest BCUT2D eigenvalue weighted by Crippen LogP contribution is -2.31. The fourth-order valence-corrected chi connectivity index (χ4v) is 3.96. The average molecular weight is 464 g/mol. The zero-order valence-corrected chi connectivity index (χ0v) is 18.8. The Morgan fingerprint density at radius 3 is 2.70 bits per heavy atom. The molecule has 0 spiro atoms. The predicted molar refractivity (Wildman–Crippen MR) is 128 cm³/mol. The van der Waals surface area contributed by atoms with Gasteiger partial charge in [0.05, 0.1) is 36.7 Å². The summed E-state index contributed by atoms with van der Waals surface area (Å²) in [5, 5.41) is 18.2. The highest BCUT2D eigenvalue weighted by Gasteiger charge is 2.33. The van der Waals surface area contributed by atoms with Gasteiger partial charge in [0.1, 0.15) is 11.4 Å². The van der Waals surface area contributed by atoms with Crippen molar-refractivity contribution in [3.8, 4) is 5.75 Å². The highest BCUT2D eigenvalue weighted by atomic mass is 32.1. The van der Waals surface area contributed by atoms with Crippen molar-refractivity contribution in [2.24, 2.45) is 0 Å². The van der Waals surface area contributed by atoms with E-state index in [0.717, 1.165) is 28.8 Å². The minimum atomic E-state index is -0.544. The Kier molecular flexibility index (Phi) is 6.18. The number of hydrogen-bond donors (Lipinski definition) is 1. The molecule has 2 heterocycles. The Bertz CT molecular complexity index is 1280. The molecule has 0 atom stereocenters. The molecule has 0 unspecified atom stereocenters. The van der Waals surface area contributed by atoms with Crippen LogP contribution in [-0.4, -0.2) is 32.8 Å². The summed E-state index contributed by atoms with van der Waals surface area (Å²) in [7, 11) is 1.55. The SMILES string of the molecule is CCc1ccccc1N1C(=O)/C(=C\c2ccc(OC)c(Cn3ccc([N+](=O)[O-])n3)c2)NC1=S. The summed E-state index contributed by atoms with van der Waals surface area (Å²) >= 11 is 5.44. The summed E-state index contributed by atoms with van der Waals surface area (Å²) < 4.78 is 6.89. The van der Waals surface area contributed by atoms with Gasteiger partial charge in [0, 0.05) is 5.56 Å². The number of anilines is 1. The number of ether oxygens (including phenoxy) is 1. The number of nitro groups is 1. The Hall–Kier alpha value is -4.05. The molecule has 10 heteroatoms. The number of carbonyl (C=O) groups is 1. The fourth-order valence-electron chi connectivity index (χ4n) is 3.67. The molecule has 0 bridgehead atoms. The van der Waals surface area contributed by atoms with Gasteiger partial charge in [0.15, 0.2) is 5.11 Å². The number of para-hydroxylation sites is 1. The van der Waals surface area contributed by atoms with E-state index < -0.39 is 4.92 Å². The van der Waals surface area contributed by atoms with Crippen molar-refractivity contribution in [1.82, 2.24) is 15.1 Å². The zero-order valence-electron chi connectivity index (χ0n) is 18.0. The molecule has 1 aliphatic rings. The molecular weight excluding hydrogens is 442 g/mol. The standard InChI is InChI=1S/C23H21N5O4S/c1-3-16-6-4-5-7-19(16)27-22(29)18(24-23(27)33)13-15-8-9-20(32-2)17(12-15)14-26-11-10-21(25-26)28(30)31/h4-13H,3,14H2,1-2H3,(H,24,33)/b18-13+. The maximum absolute atomic E-state index is 13.2. The minimum Gasteiger partial charge on any atom is -0.496 e. The van der Waals surface area contributed by atoms with Crippen LogP contribution in [0.5, 0.6) is 5.75 Å². The zero-order chi connectivity index (χ0) is 23.5. The topological polar surface area (TPSA) is 103 Å². The summed E-state index contributed by atoms with van der Waals surface area (Å²) in [6, 6.07) is 14.4. The third kappa shape index (κ3) is 4.46. The first kappa shape index (κ1) is 22.2. The normalized spacial score (nSPS) is 14.6. The maximum Gasteiger partial charge on any atom is 0.389 e. The number of aromatic nitrogens is 2. The van der Waals surface area contributed by atoms with E-state index in [2.05, 4.69) is 10.4 Å². The van der Waals surface area contributed by atoms with Crippen LogP contribution in [0.25, 0.3) is 6.08 Å². The van der Waals surface area contributed by atoms with E-state index in [9.17, 15) is 14.9 Å². The van der Waals surface area contributed by atoms with Gasteiger partial charge in [0.2, 0.25) is 0 Å². The highest BCUT2D eigenvalue weighted by Crippen LogP contribution is 2.28. The summed E-state index contributed by atoms with van der Waals surface area (Å²) in [4.78, 5) is 25.0. The van der Waals surface area contributed by atoms with E-state index in [0.29, 0.717) is 16.6 Å². The molecule has 9 nitrogen and oxygen atoms in total. The lowest BCUT2D eigenvalue weighted by atomic mass is 10.1. The first-order chi connectivity index (χ1) is 15.9. The van der Waals surface area contributed by atoms with Crippen LogP contribution < -0.4 is 15.0 Å². The number of methoxy groups -OCH3 is 1. The molecule has 1 aromatic heterocycles. The molecule has 2 aromatic carbocycles. The molecule has 1 amide bonds. The van der Waals surface area contributed by atoms with E-state index in [1.807, 2.05) is 43.3 Å². The van der Waals surface area contributed by atoms with Crippen molar-refractivity contribution in [2.45, 2.75) is 19.9 Å². The number of thiocarbonyl (C=S) groups is 1. The lowest BCUT2D eigenvalue weighted by Gasteiger charge is -2.17. The van der Waals surface area contributed by atoms with Gasteiger partial charge in [-0.15, -0.1) is 0 Å². The number of nitrogens with zero attached hydrogens (tertiary/aromatic N) is 4. The van der Waals surface area contributed by atoms with Crippen molar-refractivity contribution in [1.29, 1.82) is 0 Å². The molecule has 168 valence electrons. The van der Waals surface area contributed by atoms with Crippen LogP contribution in [0, 0.1) is 10.1 Å². The number of carbonyl (C=O) groups excluding carboxylic acids is 1. The second kappa shape index (κ2) is 9.21. The van der Waals surface area contributed by atoms with Crippen LogP contribution in [0.2, 0.25) is 0 Å². The molecule has 4 rings (SSSR count). The van der Waals surface area contributed by atoms with E-state index in [-0.39, 0.29) is 18.3 Å². The minimum absolute atomic E-state index is 0.228. The highest BCUT2D eigenvalue weighted by molar-refractivity contribution is 7.80. The monoisotopic (exact) mass is 463 g/mol. The van der Waals surface area contributed by atoms with Crippen molar-refractivity contribution < 1.29 is 14.5 Å².